The van der Waals surface area contributed by atoms with Crippen LogP contribution in [0.3, 0.4) is 0 Å². The lowest BCUT2D eigenvalue weighted by atomic mass is 10.3. The second-order valence-corrected chi connectivity index (χ2v) is 3.23. The summed E-state index contributed by atoms with van der Waals surface area (Å²) in [6.45, 7) is 1.67. The number of rotatable bonds is 4. The Labute approximate surface area is 84.8 Å². The minimum Gasteiger partial charge on any atom is -0.308 e. The fourth-order valence-electron chi connectivity index (χ4n) is 0.896. The van der Waals surface area contributed by atoms with E-state index in [-0.39, 0.29) is 0 Å². The topological polar surface area (TPSA) is 28.0 Å². The van der Waals surface area contributed by atoms with E-state index in [9.17, 15) is 0 Å². The van der Waals surface area contributed by atoms with Gasteiger partial charge >= 0.3 is 0 Å². The molecule has 0 heterocycles. The van der Waals surface area contributed by atoms with Crippen LogP contribution in [0.1, 0.15) is 0 Å². The van der Waals surface area contributed by atoms with E-state index in [2.05, 4.69) is 20.9 Å². The molecule has 0 N–H and O–H groups in total. The van der Waals surface area contributed by atoms with Gasteiger partial charge in [0.15, 0.2) is 0 Å². The zero-order valence-corrected chi connectivity index (χ0v) is 8.64. The Morgan fingerprint density at radius 2 is 1.93 bits per heavy atom. The maximum atomic E-state index is 4.07. The second-order valence-electron chi connectivity index (χ2n) is 3.23. The first kappa shape index (κ1) is 10.6. The van der Waals surface area contributed by atoms with E-state index in [0.29, 0.717) is 0 Å². The number of hydrogen-bond donors (Lipinski definition) is 0. The van der Waals surface area contributed by atoms with Crippen molar-refractivity contribution in [3.05, 3.63) is 30.3 Å². The van der Waals surface area contributed by atoms with Gasteiger partial charge in [-0.1, -0.05) is 18.2 Å². The normalized spacial score (nSPS) is 9.64. The minimum absolute atomic E-state index is 0.739. The molecule has 3 nitrogen and oxygen atoms in total. The molecule has 1 aromatic rings. The van der Waals surface area contributed by atoms with Crippen molar-refractivity contribution in [2.75, 3.05) is 27.2 Å². The van der Waals surface area contributed by atoms with E-state index < -0.39 is 0 Å². The molecule has 0 aliphatic heterocycles. The Kier molecular flexibility index (Phi) is 4.62. The van der Waals surface area contributed by atoms with Crippen molar-refractivity contribution in [1.82, 2.24) is 4.90 Å². The van der Waals surface area contributed by atoms with Crippen LogP contribution in [0.2, 0.25) is 0 Å². The van der Waals surface area contributed by atoms with Crippen LogP contribution in [-0.4, -0.2) is 38.1 Å². The number of aliphatic imine (C=N–C) groups is 2. The van der Waals surface area contributed by atoms with Crippen molar-refractivity contribution in [2.24, 2.45) is 9.98 Å². The van der Waals surface area contributed by atoms with E-state index in [4.69, 9.17) is 0 Å². The molecule has 0 aliphatic carbocycles. The summed E-state index contributed by atoms with van der Waals surface area (Å²) in [4.78, 5) is 10.2. The first-order valence-corrected chi connectivity index (χ1v) is 4.61. The Morgan fingerprint density at radius 1 is 1.21 bits per heavy atom. The summed E-state index contributed by atoms with van der Waals surface area (Å²) in [6.07, 6.45) is 0. The Morgan fingerprint density at radius 3 is 2.57 bits per heavy atom. The smallest absolute Gasteiger partial charge is 0.0949 e. The molecule has 1 aromatic carbocycles. The van der Waals surface area contributed by atoms with E-state index in [1.54, 1.807) is 0 Å². The molecule has 0 amide bonds. The lowest BCUT2D eigenvalue weighted by Crippen LogP contribution is -2.15. The summed E-state index contributed by atoms with van der Waals surface area (Å²) >= 11 is 0. The lowest BCUT2D eigenvalue weighted by Gasteiger charge is -2.03. The van der Waals surface area contributed by atoms with Crippen LogP contribution < -0.4 is 0 Å². The van der Waals surface area contributed by atoms with Gasteiger partial charge in [0.2, 0.25) is 0 Å². The lowest BCUT2D eigenvalue weighted by molar-refractivity contribution is 0.421. The monoisotopic (exact) mass is 189 g/mol. The van der Waals surface area contributed by atoms with Gasteiger partial charge in [0, 0.05) is 6.54 Å². The van der Waals surface area contributed by atoms with Crippen LogP contribution >= 0.6 is 0 Å². The number of benzene rings is 1. The van der Waals surface area contributed by atoms with Gasteiger partial charge in [-0.15, -0.1) is 0 Å². The van der Waals surface area contributed by atoms with Crippen molar-refractivity contribution >= 4 is 11.7 Å². The van der Waals surface area contributed by atoms with Crippen LogP contribution in [-0.2, 0) is 0 Å². The van der Waals surface area contributed by atoms with Gasteiger partial charge in [-0.25, -0.2) is 4.99 Å². The summed E-state index contributed by atoms with van der Waals surface area (Å²) in [5.74, 6) is 0. The molecule has 0 saturated carbocycles. The molecule has 0 unspecified atom stereocenters. The van der Waals surface area contributed by atoms with Gasteiger partial charge in [0.25, 0.3) is 0 Å². The van der Waals surface area contributed by atoms with Crippen LogP contribution in [0.4, 0.5) is 5.69 Å². The molecule has 0 spiro atoms. The van der Waals surface area contributed by atoms with Gasteiger partial charge in [-0.3, -0.25) is 0 Å². The fraction of sp³-hybridized carbons (Fsp3) is 0.364. The van der Waals surface area contributed by atoms with Crippen molar-refractivity contribution < 1.29 is 0 Å². The van der Waals surface area contributed by atoms with Gasteiger partial charge in [-0.05, 0) is 26.2 Å². The molecule has 0 fully saturated rings. The highest BCUT2D eigenvalue weighted by atomic mass is 15.1. The molecule has 3 heteroatoms. The maximum absolute atomic E-state index is 4.07. The largest absolute Gasteiger partial charge is 0.308 e. The molecular formula is C11H15N3. The predicted octanol–water partition coefficient (Wildman–Crippen LogP) is 2.05. The number of likely N-dealkylation sites (N-methyl/N-ethyl adjacent to an activating group) is 1. The number of nitrogens with zero attached hydrogens (tertiary/aromatic N) is 3. The van der Waals surface area contributed by atoms with Crippen molar-refractivity contribution in [3.8, 4) is 0 Å². The first-order valence-electron chi connectivity index (χ1n) is 4.61. The average Bonchev–Trinajstić information content (AvgIpc) is 2.18. The molecule has 0 radical (unpaired) electrons. The quantitative estimate of drug-likeness (QED) is 0.666. The van der Waals surface area contributed by atoms with Gasteiger partial charge in [0.1, 0.15) is 0 Å². The Balaban J connectivity index is 2.40. The summed E-state index contributed by atoms with van der Waals surface area (Å²) < 4.78 is 0. The van der Waals surface area contributed by atoms with Crippen molar-refractivity contribution in [3.63, 3.8) is 0 Å². The van der Waals surface area contributed by atoms with E-state index in [0.717, 1.165) is 18.8 Å². The third kappa shape index (κ3) is 4.55. The summed E-state index contributed by atoms with van der Waals surface area (Å²) in [7, 11) is 4.04. The molecular weight excluding hydrogens is 174 g/mol. The highest BCUT2D eigenvalue weighted by molar-refractivity contribution is 5.51. The highest BCUT2D eigenvalue weighted by Gasteiger charge is 1.85. The SMILES string of the molecule is CN(C)CCN=C=Nc1ccccc1. The number of hydrogen-bond acceptors (Lipinski definition) is 3. The molecule has 0 saturated heterocycles. The number of para-hydroxylation sites is 1. The van der Waals surface area contributed by atoms with Crippen LogP contribution in [0.25, 0.3) is 0 Å². The molecule has 0 aromatic heterocycles. The van der Waals surface area contributed by atoms with Crippen molar-refractivity contribution in [2.45, 2.75) is 0 Å². The summed E-state index contributed by atoms with van der Waals surface area (Å²) in [6, 6.07) is 12.4. The van der Waals surface area contributed by atoms with Gasteiger partial charge < -0.3 is 4.90 Å². The predicted molar refractivity (Wildman–Crippen MR) is 59.4 cm³/mol. The Hall–Kier alpha value is -1.44. The molecule has 1 rings (SSSR count). The van der Waals surface area contributed by atoms with Gasteiger partial charge in [0.05, 0.1) is 18.2 Å². The highest BCUT2D eigenvalue weighted by Crippen LogP contribution is 2.07. The first-order chi connectivity index (χ1) is 6.79. The molecule has 0 atom stereocenters. The zero-order chi connectivity index (χ0) is 10.2. The average molecular weight is 189 g/mol. The Bertz CT molecular complexity index is 311. The van der Waals surface area contributed by atoms with Gasteiger partial charge in [-0.2, -0.15) is 4.99 Å². The molecule has 74 valence electrons. The van der Waals surface area contributed by atoms with Crippen LogP contribution in [0, 0.1) is 0 Å². The fourth-order valence-corrected chi connectivity index (χ4v) is 0.896. The van der Waals surface area contributed by atoms with Crippen molar-refractivity contribution in [1.29, 1.82) is 0 Å². The minimum atomic E-state index is 0.739. The maximum Gasteiger partial charge on any atom is 0.0949 e. The van der Waals surface area contributed by atoms with E-state index in [1.807, 2.05) is 44.4 Å². The summed E-state index contributed by atoms with van der Waals surface area (Å²) in [5.41, 5.74) is 0.890. The van der Waals surface area contributed by atoms with E-state index in [1.165, 1.54) is 0 Å². The zero-order valence-electron chi connectivity index (χ0n) is 8.64. The third-order valence-corrected chi connectivity index (χ3v) is 1.67. The molecule has 14 heavy (non-hydrogen) atoms. The second kappa shape index (κ2) is 6.08. The molecule has 0 bridgehead atoms. The van der Waals surface area contributed by atoms with E-state index >= 15 is 0 Å². The van der Waals surface area contributed by atoms with Crippen LogP contribution in [0.15, 0.2) is 40.3 Å². The standard InChI is InChI=1S/C11H15N3/c1-14(2)9-8-12-10-13-11-6-4-3-5-7-11/h3-7H,8-9H2,1-2H3. The third-order valence-electron chi connectivity index (χ3n) is 1.67. The van der Waals surface area contributed by atoms with Crippen LogP contribution in [0.5, 0.6) is 0 Å². The summed E-state index contributed by atoms with van der Waals surface area (Å²) in [5, 5.41) is 0. The molecule has 0 aliphatic rings.